The van der Waals surface area contributed by atoms with Gasteiger partial charge in [-0.05, 0) is 30.7 Å². The molecule has 0 unspecified atom stereocenters. The van der Waals surface area contributed by atoms with E-state index in [1.165, 1.54) is 5.56 Å². The molecule has 0 amide bonds. The van der Waals surface area contributed by atoms with E-state index in [2.05, 4.69) is 6.07 Å². The largest absolute Gasteiger partial charge is 0.497 e. The van der Waals surface area contributed by atoms with Crippen molar-refractivity contribution < 1.29 is 9.47 Å². The van der Waals surface area contributed by atoms with Gasteiger partial charge in [-0.1, -0.05) is 29.8 Å². The van der Waals surface area contributed by atoms with Crippen LogP contribution in [0.3, 0.4) is 0 Å². The summed E-state index contributed by atoms with van der Waals surface area (Å²) in [7, 11) is 1.66. The van der Waals surface area contributed by atoms with Crippen molar-refractivity contribution in [3.63, 3.8) is 0 Å². The fraction of sp³-hybridized carbons (Fsp3) is 0.250. The fourth-order valence-electron chi connectivity index (χ4n) is 1.84. The summed E-state index contributed by atoms with van der Waals surface area (Å²) in [5, 5.41) is 0. The Kier molecular flexibility index (Phi) is 4.69. The maximum Gasteiger partial charge on any atom is 0.124 e. The molecule has 2 rings (SSSR count). The number of hydrogen-bond acceptors (Lipinski definition) is 2. The Morgan fingerprint density at radius 3 is 2.42 bits per heavy atom. The lowest BCUT2D eigenvalue weighted by Crippen LogP contribution is -1.98. The van der Waals surface area contributed by atoms with Crippen molar-refractivity contribution in [1.29, 1.82) is 0 Å². The summed E-state index contributed by atoms with van der Waals surface area (Å²) < 4.78 is 10.9. The van der Waals surface area contributed by atoms with Crippen LogP contribution in [0.2, 0.25) is 0 Å². The molecule has 0 aliphatic rings. The summed E-state index contributed by atoms with van der Waals surface area (Å²) in [6.07, 6.45) is 0. The second-order valence-corrected chi connectivity index (χ2v) is 4.65. The number of hydrogen-bond donors (Lipinski definition) is 0. The minimum Gasteiger partial charge on any atom is -0.497 e. The summed E-state index contributed by atoms with van der Waals surface area (Å²) in [4.78, 5) is 0. The molecule has 0 aliphatic heterocycles. The Hall–Kier alpha value is -1.67. The first-order chi connectivity index (χ1) is 9.22. The van der Waals surface area contributed by atoms with Crippen molar-refractivity contribution in [1.82, 2.24) is 0 Å². The molecule has 0 bridgehead atoms. The number of methoxy groups -OCH3 is 1. The van der Waals surface area contributed by atoms with Gasteiger partial charge in [0.15, 0.2) is 0 Å². The molecule has 2 nitrogen and oxygen atoms in total. The summed E-state index contributed by atoms with van der Waals surface area (Å²) in [5.74, 6) is 2.15. The maximum absolute atomic E-state index is 5.93. The van der Waals surface area contributed by atoms with Crippen molar-refractivity contribution >= 4 is 11.6 Å². The lowest BCUT2D eigenvalue weighted by atomic mass is 10.1. The topological polar surface area (TPSA) is 18.5 Å². The quantitative estimate of drug-likeness (QED) is 0.757. The Morgan fingerprint density at radius 2 is 1.79 bits per heavy atom. The Balaban J connectivity index is 2.05. The Morgan fingerprint density at radius 1 is 1.05 bits per heavy atom. The van der Waals surface area contributed by atoms with E-state index in [0.29, 0.717) is 12.5 Å². The number of ether oxygens (including phenoxy) is 2. The van der Waals surface area contributed by atoms with E-state index in [1.54, 1.807) is 7.11 Å². The molecule has 0 saturated heterocycles. The van der Waals surface area contributed by atoms with Crippen LogP contribution in [0.15, 0.2) is 42.5 Å². The van der Waals surface area contributed by atoms with Crippen LogP contribution in [-0.4, -0.2) is 7.11 Å². The molecule has 0 spiro atoms. The average Bonchev–Trinajstić information content (AvgIpc) is 2.46. The minimum atomic E-state index is 0.458. The lowest BCUT2D eigenvalue weighted by molar-refractivity contribution is 0.303. The average molecular weight is 277 g/mol. The Labute approximate surface area is 118 Å². The third kappa shape index (κ3) is 3.65. The fourth-order valence-corrected chi connectivity index (χ4v) is 2.05. The molecule has 0 N–H and O–H groups in total. The van der Waals surface area contributed by atoms with Crippen molar-refractivity contribution in [2.75, 3.05) is 7.11 Å². The summed E-state index contributed by atoms with van der Waals surface area (Å²) in [5.41, 5.74) is 3.31. The van der Waals surface area contributed by atoms with Crippen LogP contribution in [0, 0.1) is 6.92 Å². The van der Waals surface area contributed by atoms with E-state index in [9.17, 15) is 0 Å². The van der Waals surface area contributed by atoms with Gasteiger partial charge in [-0.15, -0.1) is 11.6 Å². The van der Waals surface area contributed by atoms with Crippen LogP contribution in [0.25, 0.3) is 0 Å². The third-order valence-electron chi connectivity index (χ3n) is 2.91. The molecule has 0 radical (unpaired) electrons. The van der Waals surface area contributed by atoms with Crippen LogP contribution >= 0.6 is 11.6 Å². The van der Waals surface area contributed by atoms with E-state index in [4.69, 9.17) is 21.1 Å². The highest BCUT2D eigenvalue weighted by Crippen LogP contribution is 2.23. The highest BCUT2D eigenvalue weighted by atomic mass is 35.5. The van der Waals surface area contributed by atoms with Gasteiger partial charge in [0, 0.05) is 5.56 Å². The highest BCUT2D eigenvalue weighted by Gasteiger charge is 2.03. The molecule has 0 saturated carbocycles. The zero-order valence-corrected chi connectivity index (χ0v) is 11.9. The van der Waals surface area contributed by atoms with Crippen LogP contribution in [0.4, 0.5) is 0 Å². The predicted molar refractivity (Wildman–Crippen MR) is 78.1 cm³/mol. The zero-order valence-electron chi connectivity index (χ0n) is 11.2. The molecule has 3 heteroatoms. The van der Waals surface area contributed by atoms with E-state index >= 15 is 0 Å². The summed E-state index contributed by atoms with van der Waals surface area (Å²) >= 11 is 5.93. The SMILES string of the molecule is COc1ccc(COc2ccc(C)cc2CCl)cc1. The van der Waals surface area contributed by atoms with Crippen LogP contribution in [-0.2, 0) is 12.5 Å². The molecule has 0 atom stereocenters. The van der Waals surface area contributed by atoms with Gasteiger partial charge in [0.2, 0.25) is 0 Å². The third-order valence-corrected chi connectivity index (χ3v) is 3.20. The normalized spacial score (nSPS) is 10.3. The number of rotatable bonds is 5. The number of benzene rings is 2. The summed E-state index contributed by atoms with van der Waals surface area (Å²) in [6.45, 7) is 2.57. The number of alkyl halides is 1. The van der Waals surface area contributed by atoms with E-state index < -0.39 is 0 Å². The predicted octanol–water partition coefficient (Wildman–Crippen LogP) is 4.32. The van der Waals surface area contributed by atoms with Gasteiger partial charge in [-0.3, -0.25) is 0 Å². The van der Waals surface area contributed by atoms with E-state index in [-0.39, 0.29) is 0 Å². The first kappa shape index (κ1) is 13.8. The second kappa shape index (κ2) is 6.48. The molecule has 19 heavy (non-hydrogen) atoms. The van der Waals surface area contributed by atoms with Crippen LogP contribution in [0.1, 0.15) is 16.7 Å². The molecule has 0 fully saturated rings. The first-order valence-corrected chi connectivity index (χ1v) is 6.67. The molecule has 0 aromatic heterocycles. The van der Waals surface area contributed by atoms with E-state index in [0.717, 1.165) is 22.6 Å². The van der Waals surface area contributed by atoms with Gasteiger partial charge in [0.1, 0.15) is 18.1 Å². The molecular weight excluding hydrogens is 260 g/mol. The van der Waals surface area contributed by atoms with Gasteiger partial charge in [-0.2, -0.15) is 0 Å². The van der Waals surface area contributed by atoms with Gasteiger partial charge >= 0.3 is 0 Å². The second-order valence-electron chi connectivity index (χ2n) is 4.38. The van der Waals surface area contributed by atoms with Crippen molar-refractivity contribution in [3.8, 4) is 11.5 Å². The van der Waals surface area contributed by atoms with Crippen molar-refractivity contribution in [2.24, 2.45) is 0 Å². The molecule has 0 heterocycles. The molecule has 2 aromatic carbocycles. The molecule has 2 aromatic rings. The zero-order chi connectivity index (χ0) is 13.7. The number of aryl methyl sites for hydroxylation is 1. The van der Waals surface area contributed by atoms with Crippen molar-refractivity contribution in [3.05, 3.63) is 59.2 Å². The monoisotopic (exact) mass is 276 g/mol. The van der Waals surface area contributed by atoms with Gasteiger partial charge < -0.3 is 9.47 Å². The van der Waals surface area contributed by atoms with Crippen molar-refractivity contribution in [2.45, 2.75) is 19.4 Å². The Bertz CT molecular complexity index is 535. The van der Waals surface area contributed by atoms with Crippen LogP contribution < -0.4 is 9.47 Å². The standard InChI is InChI=1S/C16H17ClO2/c1-12-3-8-16(14(9-12)10-17)19-11-13-4-6-15(18-2)7-5-13/h3-9H,10-11H2,1-2H3. The summed E-state index contributed by atoms with van der Waals surface area (Å²) in [6, 6.07) is 13.9. The number of halogens is 1. The first-order valence-electron chi connectivity index (χ1n) is 6.14. The van der Waals surface area contributed by atoms with Gasteiger partial charge in [-0.25, -0.2) is 0 Å². The maximum atomic E-state index is 5.93. The molecule has 0 aliphatic carbocycles. The molecular formula is C16H17ClO2. The smallest absolute Gasteiger partial charge is 0.124 e. The lowest BCUT2D eigenvalue weighted by Gasteiger charge is -2.11. The van der Waals surface area contributed by atoms with Gasteiger partial charge in [0.25, 0.3) is 0 Å². The minimum absolute atomic E-state index is 0.458. The van der Waals surface area contributed by atoms with E-state index in [1.807, 2.05) is 43.3 Å². The van der Waals surface area contributed by atoms with Crippen LogP contribution in [0.5, 0.6) is 11.5 Å². The molecule has 100 valence electrons. The highest BCUT2D eigenvalue weighted by molar-refractivity contribution is 6.17. The van der Waals surface area contributed by atoms with Gasteiger partial charge in [0.05, 0.1) is 13.0 Å².